The van der Waals surface area contributed by atoms with Gasteiger partial charge in [-0.3, -0.25) is 4.57 Å². The van der Waals surface area contributed by atoms with E-state index in [2.05, 4.69) is 4.98 Å². The smallest absolute Gasteiger partial charge is 0.337 e. The number of nitrogens with zero attached hydrogens (tertiary/aromatic N) is 3. The number of aromatic carboxylic acids is 1. The van der Waals surface area contributed by atoms with E-state index in [-0.39, 0.29) is 10.5 Å². The molecule has 1 fully saturated rings. The number of sulfonamides is 1. The van der Waals surface area contributed by atoms with Crippen LogP contribution in [0.25, 0.3) is 16.7 Å². The number of carbonyl (C=O) groups is 1. The number of hydrogen-bond donors (Lipinski definition) is 1. The Balaban J connectivity index is 1.98. The number of piperidine rings is 1. The molecule has 1 aromatic heterocycles. The van der Waals surface area contributed by atoms with E-state index < -0.39 is 16.0 Å². The quantitative estimate of drug-likeness (QED) is 0.745. The Labute approximate surface area is 156 Å². The van der Waals surface area contributed by atoms with Crippen LogP contribution >= 0.6 is 0 Å². The monoisotopic (exact) mass is 385 g/mol. The maximum absolute atomic E-state index is 13.4. The maximum Gasteiger partial charge on any atom is 0.337 e. The van der Waals surface area contributed by atoms with Crippen LogP contribution in [-0.4, -0.2) is 46.4 Å². The standard InChI is InChI=1S/C19H19N3O4S/c23-19(24)14-7-6-10-17(22-13-20-15-8-2-3-9-16(15)22)18(14)27(25,26)21-11-4-1-5-12-21/h2-3,6-10,13H,1,4-5,11-12H2,(H,23,24). The van der Waals surface area contributed by atoms with Gasteiger partial charge in [0.15, 0.2) is 0 Å². The molecule has 2 aromatic carbocycles. The molecule has 2 heterocycles. The molecule has 7 nitrogen and oxygen atoms in total. The highest BCUT2D eigenvalue weighted by atomic mass is 32.2. The second-order valence-corrected chi connectivity index (χ2v) is 8.40. The molecule has 1 N–H and O–H groups in total. The van der Waals surface area contributed by atoms with Gasteiger partial charge in [0.05, 0.1) is 22.3 Å². The van der Waals surface area contributed by atoms with Gasteiger partial charge in [-0.1, -0.05) is 24.6 Å². The zero-order valence-corrected chi connectivity index (χ0v) is 15.4. The van der Waals surface area contributed by atoms with Gasteiger partial charge < -0.3 is 5.11 Å². The molecule has 27 heavy (non-hydrogen) atoms. The van der Waals surface area contributed by atoms with Gasteiger partial charge in [-0.05, 0) is 37.1 Å². The van der Waals surface area contributed by atoms with Gasteiger partial charge in [0.25, 0.3) is 0 Å². The fraction of sp³-hybridized carbons (Fsp3) is 0.263. The lowest BCUT2D eigenvalue weighted by Crippen LogP contribution is -2.37. The molecule has 1 aliphatic rings. The fourth-order valence-electron chi connectivity index (χ4n) is 3.54. The Kier molecular flexibility index (Phi) is 4.45. The average molecular weight is 385 g/mol. The number of rotatable bonds is 4. The van der Waals surface area contributed by atoms with Crippen LogP contribution in [0.4, 0.5) is 0 Å². The molecule has 8 heteroatoms. The molecule has 3 aromatic rings. The van der Waals surface area contributed by atoms with Crippen molar-refractivity contribution in [2.45, 2.75) is 24.2 Å². The zero-order valence-electron chi connectivity index (χ0n) is 14.6. The molecule has 4 rings (SSSR count). The normalized spacial score (nSPS) is 15.9. The Hall–Kier alpha value is -2.71. The first kappa shape index (κ1) is 17.7. The van der Waals surface area contributed by atoms with Gasteiger partial charge >= 0.3 is 5.97 Å². The highest BCUT2D eigenvalue weighted by Crippen LogP contribution is 2.31. The van der Waals surface area contributed by atoms with Crippen molar-refractivity contribution in [1.29, 1.82) is 0 Å². The van der Waals surface area contributed by atoms with Crippen LogP contribution in [0.3, 0.4) is 0 Å². The summed E-state index contributed by atoms with van der Waals surface area (Å²) in [5.74, 6) is -1.27. The fourth-order valence-corrected chi connectivity index (χ4v) is 5.40. The second kappa shape index (κ2) is 6.79. The Morgan fingerprint density at radius 1 is 1.00 bits per heavy atom. The SMILES string of the molecule is O=C(O)c1cccc(-n2cnc3ccccc32)c1S(=O)(=O)N1CCCCC1. The van der Waals surface area contributed by atoms with Crippen molar-refractivity contribution < 1.29 is 18.3 Å². The molecule has 0 amide bonds. The van der Waals surface area contributed by atoms with Crippen LogP contribution in [-0.2, 0) is 10.0 Å². The minimum absolute atomic E-state index is 0.178. The summed E-state index contributed by atoms with van der Waals surface area (Å²) in [6.07, 6.45) is 4.06. The maximum atomic E-state index is 13.4. The van der Waals surface area contributed by atoms with E-state index >= 15 is 0 Å². The number of carboxylic acid groups (broad SMARTS) is 1. The highest BCUT2D eigenvalue weighted by molar-refractivity contribution is 7.89. The van der Waals surface area contributed by atoms with E-state index in [0.29, 0.717) is 24.3 Å². The van der Waals surface area contributed by atoms with Crippen LogP contribution in [0.15, 0.2) is 53.7 Å². The third-order valence-electron chi connectivity index (χ3n) is 4.85. The first-order valence-electron chi connectivity index (χ1n) is 8.79. The molecule has 140 valence electrons. The summed E-state index contributed by atoms with van der Waals surface area (Å²) in [5.41, 5.74) is 1.50. The topological polar surface area (TPSA) is 92.5 Å². The van der Waals surface area contributed by atoms with Gasteiger partial charge in [-0.15, -0.1) is 0 Å². The summed E-state index contributed by atoms with van der Waals surface area (Å²) >= 11 is 0. The van der Waals surface area contributed by atoms with Crippen LogP contribution in [0, 0.1) is 0 Å². The summed E-state index contributed by atoms with van der Waals surface area (Å²) in [6.45, 7) is 0.806. The molecule has 1 aliphatic heterocycles. The average Bonchev–Trinajstić information content (AvgIpc) is 3.12. The molecular weight excluding hydrogens is 366 g/mol. The number of aromatic nitrogens is 2. The lowest BCUT2D eigenvalue weighted by molar-refractivity contribution is 0.0692. The van der Waals surface area contributed by atoms with Crippen LogP contribution in [0.5, 0.6) is 0 Å². The number of imidazole rings is 1. The number of hydrogen-bond acceptors (Lipinski definition) is 4. The molecule has 1 saturated heterocycles. The lowest BCUT2D eigenvalue weighted by atomic mass is 10.2. The zero-order chi connectivity index (χ0) is 19.0. The molecular formula is C19H19N3O4S. The molecule has 0 aliphatic carbocycles. The summed E-state index contributed by atoms with van der Waals surface area (Å²) in [6, 6.07) is 11.8. The van der Waals surface area contributed by atoms with Crippen LogP contribution in [0.2, 0.25) is 0 Å². The number of para-hydroxylation sites is 2. The Bertz CT molecular complexity index is 1110. The summed E-state index contributed by atoms with van der Waals surface area (Å²) in [5, 5.41) is 9.65. The lowest BCUT2D eigenvalue weighted by Gasteiger charge is -2.27. The molecule has 0 atom stereocenters. The minimum atomic E-state index is -3.96. The summed E-state index contributed by atoms with van der Waals surface area (Å²) in [7, 11) is -3.96. The summed E-state index contributed by atoms with van der Waals surface area (Å²) in [4.78, 5) is 16.0. The predicted molar refractivity (Wildman–Crippen MR) is 101 cm³/mol. The first-order chi connectivity index (χ1) is 13.0. The van der Waals surface area contributed by atoms with Crippen LogP contribution in [0.1, 0.15) is 29.6 Å². The van der Waals surface area contributed by atoms with E-state index in [9.17, 15) is 18.3 Å². The van der Waals surface area contributed by atoms with Crippen molar-refractivity contribution in [3.8, 4) is 5.69 Å². The summed E-state index contributed by atoms with van der Waals surface area (Å²) < 4.78 is 29.8. The molecule has 0 saturated carbocycles. The van der Waals surface area contributed by atoms with E-state index in [1.54, 1.807) is 16.7 Å². The van der Waals surface area contributed by atoms with Crippen molar-refractivity contribution in [1.82, 2.24) is 13.9 Å². The van der Waals surface area contributed by atoms with Crippen LogP contribution < -0.4 is 0 Å². The number of benzene rings is 2. The predicted octanol–water partition coefficient (Wildman–Crippen LogP) is 2.90. The number of fused-ring (bicyclic) bond motifs is 1. The Morgan fingerprint density at radius 3 is 2.48 bits per heavy atom. The molecule has 0 radical (unpaired) electrons. The molecule has 0 unspecified atom stereocenters. The third kappa shape index (κ3) is 3.00. The van der Waals surface area contributed by atoms with Crippen molar-refractivity contribution in [2.24, 2.45) is 0 Å². The van der Waals surface area contributed by atoms with Gasteiger partial charge in [0.1, 0.15) is 11.2 Å². The van der Waals surface area contributed by atoms with Crippen molar-refractivity contribution >= 4 is 27.0 Å². The van der Waals surface area contributed by atoms with E-state index in [1.807, 2.05) is 24.3 Å². The largest absolute Gasteiger partial charge is 0.478 e. The van der Waals surface area contributed by atoms with Gasteiger partial charge in [0, 0.05) is 13.1 Å². The van der Waals surface area contributed by atoms with E-state index in [1.165, 1.54) is 16.7 Å². The van der Waals surface area contributed by atoms with Crippen molar-refractivity contribution in [2.75, 3.05) is 13.1 Å². The molecule has 0 spiro atoms. The van der Waals surface area contributed by atoms with Gasteiger partial charge in [0.2, 0.25) is 10.0 Å². The van der Waals surface area contributed by atoms with Crippen molar-refractivity contribution in [3.63, 3.8) is 0 Å². The van der Waals surface area contributed by atoms with Gasteiger partial charge in [-0.25, -0.2) is 18.2 Å². The highest BCUT2D eigenvalue weighted by Gasteiger charge is 2.33. The van der Waals surface area contributed by atoms with Crippen molar-refractivity contribution in [3.05, 3.63) is 54.4 Å². The molecule has 0 bridgehead atoms. The second-order valence-electron chi connectivity index (χ2n) is 6.53. The number of carboxylic acids is 1. The third-order valence-corrected chi connectivity index (χ3v) is 6.84. The van der Waals surface area contributed by atoms with Gasteiger partial charge in [-0.2, -0.15) is 4.31 Å². The Morgan fingerprint density at radius 2 is 1.74 bits per heavy atom. The van der Waals surface area contributed by atoms with E-state index in [0.717, 1.165) is 24.8 Å². The van der Waals surface area contributed by atoms with E-state index in [4.69, 9.17) is 0 Å². The minimum Gasteiger partial charge on any atom is -0.478 e. The first-order valence-corrected chi connectivity index (χ1v) is 10.2.